The molecule has 190 valence electrons. The van der Waals surface area contributed by atoms with E-state index in [0.717, 1.165) is 23.1 Å². The summed E-state index contributed by atoms with van der Waals surface area (Å²) in [6.07, 6.45) is 1.96. The smallest absolute Gasteiger partial charge is 0.406 e. The summed E-state index contributed by atoms with van der Waals surface area (Å²) in [5, 5.41) is 17.4. The van der Waals surface area contributed by atoms with E-state index in [1.54, 1.807) is 47.5 Å². The molecule has 38 heavy (non-hydrogen) atoms. The Labute approximate surface area is 213 Å². The van der Waals surface area contributed by atoms with Crippen LogP contribution in [0, 0.1) is 11.3 Å². The highest BCUT2D eigenvalue weighted by Crippen LogP contribution is 2.29. The van der Waals surface area contributed by atoms with Crippen LogP contribution < -0.4 is 10.1 Å². The third-order valence-electron chi connectivity index (χ3n) is 5.71. The van der Waals surface area contributed by atoms with Crippen molar-refractivity contribution in [3.63, 3.8) is 0 Å². The number of H-pyrrole nitrogens is 1. The van der Waals surface area contributed by atoms with Crippen LogP contribution in [0.2, 0.25) is 0 Å². The zero-order valence-corrected chi connectivity index (χ0v) is 19.5. The molecule has 12 heteroatoms. The number of hydrogen-bond acceptors (Lipinski definition) is 6. The average molecular weight is 517 g/mol. The van der Waals surface area contributed by atoms with Crippen molar-refractivity contribution in [1.82, 2.24) is 24.7 Å². The van der Waals surface area contributed by atoms with Crippen molar-refractivity contribution in [1.29, 1.82) is 5.26 Å². The van der Waals surface area contributed by atoms with Crippen molar-refractivity contribution >= 4 is 22.6 Å². The second-order valence-electron chi connectivity index (χ2n) is 8.20. The van der Waals surface area contributed by atoms with Crippen LogP contribution in [-0.4, -0.2) is 37.0 Å². The molecule has 0 radical (unpaired) electrons. The highest BCUT2D eigenvalue weighted by Gasteiger charge is 2.31. The Hall–Kier alpha value is -5.18. The predicted octanol–water partition coefficient (Wildman–Crippen LogP) is 5.48. The minimum Gasteiger partial charge on any atom is -0.406 e. The van der Waals surface area contributed by atoms with Crippen LogP contribution in [-0.2, 0) is 0 Å². The lowest BCUT2D eigenvalue weighted by Crippen LogP contribution is -2.17. The molecular weight excluding hydrogens is 499 g/mol. The van der Waals surface area contributed by atoms with Gasteiger partial charge in [0.15, 0.2) is 0 Å². The molecule has 0 bridgehead atoms. The molecule has 5 rings (SSSR count). The molecule has 1 unspecified atom stereocenters. The summed E-state index contributed by atoms with van der Waals surface area (Å²) in [5.74, 6) is -0.862. The van der Waals surface area contributed by atoms with E-state index in [9.17, 15) is 23.2 Å². The van der Waals surface area contributed by atoms with Crippen molar-refractivity contribution in [2.45, 2.75) is 18.8 Å². The fraction of sp³-hybridized carbons (Fsp3) is 0.115. The van der Waals surface area contributed by atoms with Gasteiger partial charge in [-0.25, -0.2) is 9.97 Å². The van der Waals surface area contributed by atoms with Gasteiger partial charge in [-0.15, -0.1) is 13.2 Å². The summed E-state index contributed by atoms with van der Waals surface area (Å²) < 4.78 is 42.6. The number of nitrogens with zero attached hydrogens (tertiary/aromatic N) is 5. The molecule has 3 heterocycles. The van der Waals surface area contributed by atoms with Crippen LogP contribution in [0.4, 0.5) is 18.9 Å². The predicted molar refractivity (Wildman–Crippen MR) is 131 cm³/mol. The number of nitriles is 1. The summed E-state index contributed by atoms with van der Waals surface area (Å²) >= 11 is 0. The van der Waals surface area contributed by atoms with Gasteiger partial charge in [0, 0.05) is 34.6 Å². The Morgan fingerprint density at radius 1 is 1.16 bits per heavy atom. The zero-order valence-electron chi connectivity index (χ0n) is 19.5. The molecule has 0 aliphatic heterocycles. The Kier molecular flexibility index (Phi) is 6.49. The number of halogens is 3. The van der Waals surface area contributed by atoms with E-state index in [-0.39, 0.29) is 6.42 Å². The maximum absolute atomic E-state index is 12.9. The number of nitrogens with one attached hydrogen (secondary N) is 2. The normalized spacial score (nSPS) is 12.2. The van der Waals surface area contributed by atoms with Crippen molar-refractivity contribution in [3.05, 3.63) is 90.6 Å². The number of alkyl halides is 3. The summed E-state index contributed by atoms with van der Waals surface area (Å²) in [4.78, 5) is 24.5. The number of carbonyl (C=O) groups excluding carboxylic acids is 1. The molecule has 0 saturated heterocycles. The van der Waals surface area contributed by atoms with Gasteiger partial charge in [-0.05, 0) is 48.0 Å². The van der Waals surface area contributed by atoms with Crippen LogP contribution in [0.1, 0.15) is 28.4 Å². The zero-order chi connectivity index (χ0) is 26.7. The fourth-order valence-corrected chi connectivity index (χ4v) is 4.01. The molecule has 0 spiro atoms. The molecule has 0 fully saturated rings. The molecule has 0 aliphatic rings. The van der Waals surface area contributed by atoms with E-state index in [4.69, 9.17) is 0 Å². The monoisotopic (exact) mass is 517 g/mol. The second kappa shape index (κ2) is 10.1. The number of hydrogen-bond donors (Lipinski definition) is 2. The highest BCUT2D eigenvalue weighted by atomic mass is 19.4. The molecular formula is C26H18F3N7O2. The summed E-state index contributed by atoms with van der Waals surface area (Å²) in [5.41, 5.74) is 3.40. The number of ether oxygens (including phenoxy) is 1. The standard InChI is InChI=1S/C26H18F3N7O2/c27-26(28,29)38-20-6-4-19(5-7-20)35-25(37)17-3-1-2-16(12-17)22(8-10-30)36-14-18(13-34-36)23-21-9-11-31-24(21)33-15-32-23/h1-7,9,11-15,22H,8H2,(H,35,37)(H,31,32,33). The van der Waals surface area contributed by atoms with Gasteiger partial charge in [-0.2, -0.15) is 10.4 Å². The van der Waals surface area contributed by atoms with E-state index in [0.29, 0.717) is 28.2 Å². The lowest BCUT2D eigenvalue weighted by molar-refractivity contribution is -0.274. The number of aromatic amines is 1. The second-order valence-corrected chi connectivity index (χ2v) is 8.20. The first-order valence-corrected chi connectivity index (χ1v) is 11.3. The van der Waals surface area contributed by atoms with Gasteiger partial charge in [0.2, 0.25) is 0 Å². The third-order valence-corrected chi connectivity index (χ3v) is 5.71. The van der Waals surface area contributed by atoms with E-state index in [1.807, 2.05) is 6.07 Å². The average Bonchev–Trinajstić information content (AvgIpc) is 3.57. The Bertz CT molecular complexity index is 1640. The van der Waals surface area contributed by atoms with E-state index < -0.39 is 24.1 Å². The molecule has 1 amide bonds. The van der Waals surface area contributed by atoms with Crippen LogP contribution in [0.3, 0.4) is 0 Å². The Morgan fingerprint density at radius 2 is 1.97 bits per heavy atom. The van der Waals surface area contributed by atoms with Crippen molar-refractivity contribution < 1.29 is 22.7 Å². The topological polar surface area (TPSA) is 122 Å². The van der Waals surface area contributed by atoms with Crippen molar-refractivity contribution in [3.8, 4) is 23.1 Å². The van der Waals surface area contributed by atoms with Crippen molar-refractivity contribution in [2.24, 2.45) is 0 Å². The third kappa shape index (κ3) is 5.31. The van der Waals surface area contributed by atoms with Gasteiger partial charge in [0.1, 0.15) is 17.7 Å². The lowest BCUT2D eigenvalue weighted by atomic mass is 10.0. The maximum atomic E-state index is 12.9. The van der Waals surface area contributed by atoms with E-state index in [1.165, 1.54) is 18.5 Å². The van der Waals surface area contributed by atoms with Gasteiger partial charge in [0.25, 0.3) is 5.91 Å². The number of rotatable bonds is 7. The van der Waals surface area contributed by atoms with Gasteiger partial charge >= 0.3 is 6.36 Å². The number of carbonyl (C=O) groups is 1. The molecule has 2 aromatic carbocycles. The molecule has 1 atom stereocenters. The Morgan fingerprint density at radius 3 is 2.74 bits per heavy atom. The van der Waals surface area contributed by atoms with Gasteiger partial charge in [-0.1, -0.05) is 12.1 Å². The first-order valence-electron chi connectivity index (χ1n) is 11.3. The minimum atomic E-state index is -4.80. The molecule has 0 saturated carbocycles. The first-order chi connectivity index (χ1) is 18.3. The summed E-state index contributed by atoms with van der Waals surface area (Å²) in [6.45, 7) is 0. The van der Waals surface area contributed by atoms with Gasteiger partial charge in [0.05, 0.1) is 30.4 Å². The van der Waals surface area contributed by atoms with E-state index in [2.05, 4.69) is 36.2 Å². The number of anilines is 1. The quantitative estimate of drug-likeness (QED) is 0.295. The summed E-state index contributed by atoms with van der Waals surface area (Å²) in [6, 6.07) is 15.1. The molecule has 5 aromatic rings. The molecule has 3 aromatic heterocycles. The number of fused-ring (bicyclic) bond motifs is 1. The first kappa shape index (κ1) is 24.5. The Balaban J connectivity index is 1.37. The lowest BCUT2D eigenvalue weighted by Gasteiger charge is -2.16. The van der Waals surface area contributed by atoms with E-state index >= 15 is 0 Å². The van der Waals surface area contributed by atoms with Crippen LogP contribution >= 0.6 is 0 Å². The molecule has 2 N–H and O–H groups in total. The number of aromatic nitrogens is 5. The van der Waals surface area contributed by atoms with Crippen molar-refractivity contribution in [2.75, 3.05) is 5.32 Å². The van der Waals surface area contributed by atoms with Crippen LogP contribution in [0.15, 0.2) is 79.5 Å². The van der Waals surface area contributed by atoms with Crippen LogP contribution in [0.5, 0.6) is 5.75 Å². The highest BCUT2D eigenvalue weighted by molar-refractivity contribution is 6.04. The number of benzene rings is 2. The number of amides is 1. The van der Waals surface area contributed by atoms with Gasteiger partial charge < -0.3 is 15.0 Å². The largest absolute Gasteiger partial charge is 0.573 e. The van der Waals surface area contributed by atoms with Crippen LogP contribution in [0.25, 0.3) is 22.3 Å². The molecule has 0 aliphatic carbocycles. The minimum absolute atomic E-state index is 0.0935. The fourth-order valence-electron chi connectivity index (χ4n) is 4.01. The summed E-state index contributed by atoms with van der Waals surface area (Å²) in [7, 11) is 0. The SMILES string of the molecule is N#CCC(c1cccc(C(=O)Nc2ccc(OC(F)(F)F)cc2)c1)n1cc(-c2ncnc3[nH]ccc23)cn1. The van der Waals surface area contributed by atoms with Gasteiger partial charge in [-0.3, -0.25) is 9.48 Å². The molecule has 9 nitrogen and oxygen atoms in total. The maximum Gasteiger partial charge on any atom is 0.573 e.